The van der Waals surface area contributed by atoms with Crippen LogP contribution in [0.1, 0.15) is 5.56 Å². The average Bonchev–Trinajstić information content (AvgIpc) is 2.48. The summed E-state index contributed by atoms with van der Waals surface area (Å²) in [6.45, 7) is 0.535. The highest BCUT2D eigenvalue weighted by molar-refractivity contribution is 5.98. The van der Waals surface area contributed by atoms with Crippen molar-refractivity contribution in [2.75, 3.05) is 11.1 Å². The van der Waals surface area contributed by atoms with Gasteiger partial charge >= 0.3 is 0 Å². The smallest absolute Gasteiger partial charge is 0.150 e. The second-order valence-corrected chi connectivity index (χ2v) is 4.56. The summed E-state index contributed by atoms with van der Waals surface area (Å²) in [4.78, 5) is 4.23. The third kappa shape index (κ3) is 2.28. The first-order chi connectivity index (χ1) is 9.75. The van der Waals surface area contributed by atoms with Gasteiger partial charge in [-0.15, -0.1) is 0 Å². The van der Waals surface area contributed by atoms with E-state index in [4.69, 9.17) is 5.73 Å². The van der Waals surface area contributed by atoms with Crippen molar-refractivity contribution < 1.29 is 4.39 Å². The fourth-order valence-electron chi connectivity index (χ4n) is 2.19. The average molecular weight is 267 g/mol. The summed E-state index contributed by atoms with van der Waals surface area (Å²) in [6.07, 6.45) is 1.63. The number of fused-ring (bicyclic) bond motifs is 1. The van der Waals surface area contributed by atoms with Crippen LogP contribution < -0.4 is 11.1 Å². The summed E-state index contributed by atoms with van der Waals surface area (Å²) in [7, 11) is 0. The van der Waals surface area contributed by atoms with Crippen LogP contribution in [0.15, 0.2) is 54.7 Å². The summed E-state index contributed by atoms with van der Waals surface area (Å²) in [5.41, 5.74) is 8.25. The van der Waals surface area contributed by atoms with E-state index in [1.165, 1.54) is 6.07 Å². The summed E-state index contributed by atoms with van der Waals surface area (Å²) < 4.78 is 14.1. The van der Waals surface area contributed by atoms with Gasteiger partial charge in [0.05, 0.1) is 11.2 Å². The topological polar surface area (TPSA) is 50.9 Å². The van der Waals surface area contributed by atoms with Crippen LogP contribution in [0.5, 0.6) is 0 Å². The quantitative estimate of drug-likeness (QED) is 0.713. The van der Waals surface area contributed by atoms with Gasteiger partial charge in [-0.3, -0.25) is 4.98 Å². The van der Waals surface area contributed by atoms with Gasteiger partial charge in [0.2, 0.25) is 0 Å². The van der Waals surface area contributed by atoms with Gasteiger partial charge < -0.3 is 11.1 Å². The Morgan fingerprint density at radius 1 is 1.10 bits per heavy atom. The maximum Gasteiger partial charge on any atom is 0.150 e. The molecule has 0 saturated heterocycles. The largest absolute Gasteiger partial charge is 0.398 e. The molecule has 0 amide bonds. The van der Waals surface area contributed by atoms with Crippen LogP contribution >= 0.6 is 0 Å². The highest BCUT2D eigenvalue weighted by Crippen LogP contribution is 2.29. The number of nitrogens with zero attached hydrogens (tertiary/aromatic N) is 1. The number of nitrogens with one attached hydrogen (secondary N) is 1. The van der Waals surface area contributed by atoms with E-state index in [1.807, 2.05) is 36.4 Å². The minimum absolute atomic E-state index is 0.385. The lowest BCUT2D eigenvalue weighted by Crippen LogP contribution is -2.04. The molecule has 0 fully saturated rings. The van der Waals surface area contributed by atoms with E-state index in [1.54, 1.807) is 12.3 Å². The first-order valence-electron chi connectivity index (χ1n) is 6.36. The lowest BCUT2D eigenvalue weighted by Gasteiger charge is -2.12. The predicted molar refractivity (Wildman–Crippen MR) is 79.9 cm³/mol. The Kier molecular flexibility index (Phi) is 3.21. The minimum Gasteiger partial charge on any atom is -0.398 e. The van der Waals surface area contributed by atoms with Crippen molar-refractivity contribution in [2.45, 2.75) is 6.54 Å². The maximum absolute atomic E-state index is 14.1. The van der Waals surface area contributed by atoms with Crippen molar-refractivity contribution in [1.29, 1.82) is 0 Å². The second-order valence-electron chi connectivity index (χ2n) is 4.56. The minimum atomic E-state index is -0.385. The molecule has 4 heteroatoms. The monoisotopic (exact) mass is 267 g/mol. The van der Waals surface area contributed by atoms with Crippen LogP contribution in [0.4, 0.5) is 15.8 Å². The first-order valence-corrected chi connectivity index (χ1v) is 6.36. The molecule has 0 atom stereocenters. The number of halogens is 1. The van der Waals surface area contributed by atoms with Gasteiger partial charge in [-0.05, 0) is 23.8 Å². The van der Waals surface area contributed by atoms with Gasteiger partial charge in [0.25, 0.3) is 0 Å². The highest BCUT2D eigenvalue weighted by atomic mass is 19.1. The van der Waals surface area contributed by atoms with E-state index < -0.39 is 0 Å². The van der Waals surface area contributed by atoms with Crippen LogP contribution in [-0.4, -0.2) is 4.98 Å². The number of nitrogen functional groups attached to an aromatic ring is 1. The summed E-state index contributed by atoms with van der Waals surface area (Å²) >= 11 is 0. The van der Waals surface area contributed by atoms with Crippen LogP contribution in [0, 0.1) is 5.82 Å². The second kappa shape index (κ2) is 5.17. The number of nitrogens with two attached hydrogens (primary N) is 1. The van der Waals surface area contributed by atoms with Gasteiger partial charge in [-0.2, -0.15) is 0 Å². The number of hydrogen-bond acceptors (Lipinski definition) is 3. The van der Waals surface area contributed by atoms with E-state index in [0.29, 0.717) is 23.4 Å². The zero-order chi connectivity index (χ0) is 13.9. The third-order valence-electron chi connectivity index (χ3n) is 3.19. The van der Waals surface area contributed by atoms with Crippen molar-refractivity contribution in [3.63, 3.8) is 0 Å². The number of pyridine rings is 1. The summed E-state index contributed by atoms with van der Waals surface area (Å²) in [5, 5.41) is 3.86. The molecule has 3 aromatic rings. The van der Waals surface area contributed by atoms with Crippen molar-refractivity contribution in [2.24, 2.45) is 0 Å². The van der Waals surface area contributed by atoms with Crippen LogP contribution in [0.2, 0.25) is 0 Å². The number of aromatic nitrogens is 1. The van der Waals surface area contributed by atoms with Gasteiger partial charge in [-0.1, -0.05) is 30.3 Å². The molecule has 3 N–H and O–H groups in total. The Hall–Kier alpha value is -2.62. The zero-order valence-electron chi connectivity index (χ0n) is 10.8. The Balaban J connectivity index is 1.99. The Morgan fingerprint density at radius 2 is 1.90 bits per heavy atom. The molecule has 100 valence electrons. The Morgan fingerprint density at radius 3 is 2.70 bits per heavy atom. The molecule has 0 unspecified atom stereocenters. The molecule has 0 saturated carbocycles. The van der Waals surface area contributed by atoms with Gasteiger partial charge in [0, 0.05) is 23.8 Å². The van der Waals surface area contributed by atoms with E-state index in [2.05, 4.69) is 10.3 Å². The fourth-order valence-corrected chi connectivity index (χ4v) is 2.19. The molecule has 1 heterocycles. The Labute approximate surface area is 116 Å². The lowest BCUT2D eigenvalue weighted by atomic mass is 10.1. The molecule has 0 aliphatic carbocycles. The van der Waals surface area contributed by atoms with Gasteiger partial charge in [0.1, 0.15) is 0 Å². The zero-order valence-corrected chi connectivity index (χ0v) is 10.8. The third-order valence-corrected chi connectivity index (χ3v) is 3.19. The van der Waals surface area contributed by atoms with Gasteiger partial charge in [-0.25, -0.2) is 4.39 Å². The molecular formula is C16H14FN3. The van der Waals surface area contributed by atoms with E-state index in [9.17, 15) is 4.39 Å². The molecular weight excluding hydrogens is 253 g/mol. The molecule has 2 aromatic carbocycles. The van der Waals surface area contributed by atoms with Crippen molar-refractivity contribution in [1.82, 2.24) is 4.98 Å². The Bertz CT molecular complexity index is 741. The predicted octanol–water partition coefficient (Wildman–Crippen LogP) is 3.57. The van der Waals surface area contributed by atoms with Crippen LogP contribution in [0.3, 0.4) is 0 Å². The van der Waals surface area contributed by atoms with E-state index >= 15 is 0 Å². The number of hydrogen-bond donors (Lipinski definition) is 2. The summed E-state index contributed by atoms with van der Waals surface area (Å²) in [6, 6.07) is 14.8. The van der Waals surface area contributed by atoms with Crippen LogP contribution in [-0.2, 0) is 6.54 Å². The first kappa shape index (κ1) is 12.4. The lowest BCUT2D eigenvalue weighted by molar-refractivity contribution is 0.632. The van der Waals surface area contributed by atoms with Crippen LogP contribution in [0.25, 0.3) is 10.9 Å². The SMILES string of the molecule is Nc1cc(F)c(NCc2ccccc2)c2ncccc12. The number of rotatable bonds is 3. The molecule has 3 rings (SSSR count). The van der Waals surface area contributed by atoms with Crippen molar-refractivity contribution >= 4 is 22.3 Å². The van der Waals surface area contributed by atoms with Crippen molar-refractivity contribution in [3.8, 4) is 0 Å². The van der Waals surface area contributed by atoms with Crippen molar-refractivity contribution in [3.05, 3.63) is 66.1 Å². The molecule has 0 radical (unpaired) electrons. The number of benzene rings is 2. The fraction of sp³-hybridized carbons (Fsp3) is 0.0625. The maximum atomic E-state index is 14.1. The molecule has 1 aromatic heterocycles. The molecule has 3 nitrogen and oxygen atoms in total. The molecule has 0 aliphatic rings. The number of anilines is 2. The molecule has 20 heavy (non-hydrogen) atoms. The molecule has 0 aliphatic heterocycles. The van der Waals surface area contributed by atoms with Gasteiger partial charge in [0.15, 0.2) is 5.82 Å². The molecule has 0 bridgehead atoms. The van der Waals surface area contributed by atoms with E-state index in [-0.39, 0.29) is 5.82 Å². The molecule has 0 spiro atoms. The van der Waals surface area contributed by atoms with E-state index in [0.717, 1.165) is 10.9 Å². The normalized spacial score (nSPS) is 10.7. The highest BCUT2D eigenvalue weighted by Gasteiger charge is 2.11. The standard InChI is InChI=1S/C16H14FN3/c17-13-9-14(18)12-7-4-8-19-15(12)16(13)20-10-11-5-2-1-3-6-11/h1-9,20H,10,18H2. The summed E-state index contributed by atoms with van der Waals surface area (Å²) in [5.74, 6) is -0.385.